The third kappa shape index (κ3) is 2.69. The van der Waals surface area contributed by atoms with Crippen molar-refractivity contribution in [2.45, 2.75) is 13.3 Å². The minimum absolute atomic E-state index is 0.869. The van der Waals surface area contributed by atoms with Gasteiger partial charge in [0.05, 0.1) is 0 Å². The van der Waals surface area contributed by atoms with Crippen LogP contribution in [0.3, 0.4) is 0 Å². The van der Waals surface area contributed by atoms with Gasteiger partial charge < -0.3 is 0 Å². The highest BCUT2D eigenvalue weighted by Crippen LogP contribution is 2.54. The fourth-order valence-electron chi connectivity index (χ4n) is 3.17. The molecule has 0 amide bonds. The van der Waals surface area contributed by atoms with E-state index in [0.29, 0.717) is 0 Å². The summed E-state index contributed by atoms with van der Waals surface area (Å²) >= 11 is 0. The smallest absolute Gasteiger partial charge is 0.0244 e. The summed E-state index contributed by atoms with van der Waals surface area (Å²) in [5, 5.41) is 1.59. The van der Waals surface area contributed by atoms with Gasteiger partial charge in [-0.3, -0.25) is 0 Å². The zero-order valence-electron chi connectivity index (χ0n) is 11.5. The summed E-state index contributed by atoms with van der Waals surface area (Å²) in [5.74, 6) is 3.47. The van der Waals surface area contributed by atoms with E-state index in [2.05, 4.69) is 73.4 Å². The molecule has 1 heterocycles. The molecule has 0 saturated carbocycles. The molecule has 1 saturated heterocycles. The molecular formula is C18H21P. The Kier molecular flexibility index (Phi) is 3.62. The Balaban J connectivity index is 2.11. The van der Waals surface area contributed by atoms with E-state index in [1.807, 2.05) is 0 Å². The summed E-state index contributed by atoms with van der Waals surface area (Å²) < 4.78 is 0. The van der Waals surface area contributed by atoms with Gasteiger partial charge in [-0.2, -0.15) is 0 Å². The van der Waals surface area contributed by atoms with Gasteiger partial charge in [0.15, 0.2) is 0 Å². The minimum atomic E-state index is -1.10. The lowest BCUT2D eigenvalue weighted by molar-refractivity contribution is 0.669. The van der Waals surface area contributed by atoms with Crippen molar-refractivity contribution in [1.82, 2.24) is 0 Å². The van der Waals surface area contributed by atoms with Gasteiger partial charge in [0.25, 0.3) is 0 Å². The van der Waals surface area contributed by atoms with Gasteiger partial charge in [0.2, 0.25) is 0 Å². The SMILES string of the molecule is CC1CCP(=Cc2ccccc2)(c2ccccc2)C1. The van der Waals surface area contributed by atoms with Gasteiger partial charge >= 0.3 is 0 Å². The van der Waals surface area contributed by atoms with Crippen molar-refractivity contribution in [2.75, 3.05) is 12.3 Å². The highest BCUT2D eigenvalue weighted by atomic mass is 31.2. The molecule has 2 aromatic carbocycles. The Morgan fingerprint density at radius 3 is 2.16 bits per heavy atom. The summed E-state index contributed by atoms with van der Waals surface area (Å²) in [6.07, 6.45) is 4.14. The summed E-state index contributed by atoms with van der Waals surface area (Å²) in [6, 6.07) is 22.1. The van der Waals surface area contributed by atoms with Crippen molar-refractivity contribution in [3.8, 4) is 0 Å². The summed E-state index contributed by atoms with van der Waals surface area (Å²) in [5.41, 5.74) is 1.40. The van der Waals surface area contributed by atoms with Crippen molar-refractivity contribution < 1.29 is 0 Å². The van der Waals surface area contributed by atoms with Crippen LogP contribution >= 0.6 is 6.89 Å². The van der Waals surface area contributed by atoms with Crippen LogP contribution in [0.25, 0.3) is 0 Å². The predicted molar refractivity (Wildman–Crippen MR) is 88.1 cm³/mol. The van der Waals surface area contributed by atoms with Crippen LogP contribution in [0.5, 0.6) is 0 Å². The first-order chi connectivity index (χ1) is 9.28. The van der Waals surface area contributed by atoms with Crippen molar-refractivity contribution in [3.05, 3.63) is 66.2 Å². The third-order valence-electron chi connectivity index (χ3n) is 4.12. The molecule has 0 radical (unpaired) electrons. The van der Waals surface area contributed by atoms with Gasteiger partial charge in [0, 0.05) is 0 Å². The topological polar surface area (TPSA) is 0 Å². The second-order valence-corrected chi connectivity index (χ2v) is 9.36. The van der Waals surface area contributed by atoms with E-state index < -0.39 is 6.89 Å². The summed E-state index contributed by atoms with van der Waals surface area (Å²) in [4.78, 5) is 0. The number of hydrogen-bond donors (Lipinski definition) is 0. The molecule has 1 aliphatic heterocycles. The molecule has 19 heavy (non-hydrogen) atoms. The molecule has 0 aromatic heterocycles. The van der Waals surface area contributed by atoms with Crippen molar-refractivity contribution in [1.29, 1.82) is 0 Å². The largest absolute Gasteiger partial charge is 0.0765 e. The number of hydrogen-bond acceptors (Lipinski definition) is 0. The average Bonchev–Trinajstić information content (AvgIpc) is 2.83. The fraction of sp³-hybridized carbons (Fsp3) is 0.278. The molecule has 0 spiro atoms. The molecular weight excluding hydrogens is 247 g/mol. The highest BCUT2D eigenvalue weighted by molar-refractivity contribution is 7.82. The van der Waals surface area contributed by atoms with E-state index in [1.165, 1.54) is 24.3 Å². The Morgan fingerprint density at radius 2 is 1.58 bits per heavy atom. The van der Waals surface area contributed by atoms with Gasteiger partial charge in [-0.05, 0) is 35.5 Å². The van der Waals surface area contributed by atoms with Crippen molar-refractivity contribution >= 4 is 18.0 Å². The van der Waals surface area contributed by atoms with E-state index in [4.69, 9.17) is 0 Å². The van der Waals surface area contributed by atoms with E-state index in [9.17, 15) is 0 Å². The summed E-state index contributed by atoms with van der Waals surface area (Å²) in [7, 11) is 0. The fourth-order valence-corrected chi connectivity index (χ4v) is 7.91. The Morgan fingerprint density at radius 1 is 0.947 bits per heavy atom. The monoisotopic (exact) mass is 268 g/mol. The van der Waals surface area contributed by atoms with Crippen LogP contribution in [-0.2, 0) is 0 Å². The van der Waals surface area contributed by atoms with E-state index in [0.717, 1.165) is 5.92 Å². The first-order valence-electron chi connectivity index (χ1n) is 7.12. The zero-order chi connectivity index (χ0) is 13.1. The van der Waals surface area contributed by atoms with Crippen LogP contribution in [0, 0.1) is 5.92 Å². The lowest BCUT2D eigenvalue weighted by Gasteiger charge is -2.21. The second-order valence-electron chi connectivity index (χ2n) is 5.71. The standard InChI is InChI=1S/C18H21P/c1-16-12-13-19(14-16,18-10-6-3-7-11-18)15-17-8-4-2-5-9-17/h2-11,15-16H,12-14H2,1H3. The third-order valence-corrected chi connectivity index (χ3v) is 8.57. The molecule has 2 aromatic rings. The first-order valence-corrected chi connectivity index (χ1v) is 9.35. The van der Waals surface area contributed by atoms with Crippen LogP contribution in [0.4, 0.5) is 0 Å². The molecule has 0 N–H and O–H groups in total. The highest BCUT2D eigenvalue weighted by Gasteiger charge is 2.28. The molecule has 2 unspecified atom stereocenters. The first kappa shape index (κ1) is 12.8. The van der Waals surface area contributed by atoms with Crippen LogP contribution < -0.4 is 5.30 Å². The Bertz CT molecular complexity index is 584. The molecule has 2 atom stereocenters. The molecule has 0 nitrogen and oxygen atoms in total. The second kappa shape index (κ2) is 5.39. The normalized spacial score (nSPS) is 26.3. The maximum atomic E-state index is 2.60. The van der Waals surface area contributed by atoms with Gasteiger partial charge in [-0.25, -0.2) is 0 Å². The Hall–Kier alpha value is -1.26. The Labute approximate surface area is 116 Å². The average molecular weight is 268 g/mol. The number of rotatable bonds is 2. The van der Waals surface area contributed by atoms with E-state index in [-0.39, 0.29) is 0 Å². The maximum absolute atomic E-state index is 2.60. The predicted octanol–water partition coefficient (Wildman–Crippen LogP) is 4.22. The van der Waals surface area contributed by atoms with E-state index in [1.54, 1.807) is 5.30 Å². The number of benzene rings is 2. The van der Waals surface area contributed by atoms with Crippen LogP contribution in [0.1, 0.15) is 18.9 Å². The van der Waals surface area contributed by atoms with Crippen LogP contribution in [-0.4, -0.2) is 18.1 Å². The van der Waals surface area contributed by atoms with E-state index >= 15 is 0 Å². The maximum Gasteiger partial charge on any atom is -0.0244 e. The lowest BCUT2D eigenvalue weighted by atomic mass is 10.2. The zero-order valence-corrected chi connectivity index (χ0v) is 12.4. The molecule has 3 rings (SSSR count). The van der Waals surface area contributed by atoms with Gasteiger partial charge in [-0.1, -0.05) is 80.3 Å². The molecule has 0 bridgehead atoms. The van der Waals surface area contributed by atoms with Gasteiger partial charge in [0.1, 0.15) is 0 Å². The molecule has 98 valence electrons. The van der Waals surface area contributed by atoms with Crippen LogP contribution in [0.2, 0.25) is 0 Å². The van der Waals surface area contributed by atoms with Crippen molar-refractivity contribution in [2.24, 2.45) is 5.92 Å². The van der Waals surface area contributed by atoms with Crippen molar-refractivity contribution in [3.63, 3.8) is 0 Å². The molecule has 0 aliphatic carbocycles. The van der Waals surface area contributed by atoms with Crippen LogP contribution in [0.15, 0.2) is 60.7 Å². The van der Waals surface area contributed by atoms with Gasteiger partial charge in [-0.15, -0.1) is 0 Å². The minimum Gasteiger partial charge on any atom is -0.0765 e. The molecule has 1 fully saturated rings. The summed E-state index contributed by atoms with van der Waals surface area (Å²) in [6.45, 7) is 1.30. The molecule has 1 heteroatoms. The lowest BCUT2D eigenvalue weighted by Crippen LogP contribution is -2.09. The quantitative estimate of drug-likeness (QED) is 0.715. The molecule has 1 aliphatic rings.